The maximum Gasteiger partial charge on any atom is 0.345 e. The van der Waals surface area contributed by atoms with E-state index in [0.29, 0.717) is 27.8 Å². The first kappa shape index (κ1) is 17.0. The first-order valence-electron chi connectivity index (χ1n) is 6.89. The molecule has 1 N–H and O–H groups in total. The second-order valence-corrected chi connectivity index (χ2v) is 5.22. The molecule has 2 aromatic carbocycles. The number of hydrogen-bond donors (Lipinski definition) is 1. The summed E-state index contributed by atoms with van der Waals surface area (Å²) in [4.78, 5) is 11.5. The Morgan fingerprint density at radius 3 is 2.30 bits per heavy atom. The van der Waals surface area contributed by atoms with E-state index < -0.39 is 12.1 Å². The number of halogens is 1. The fourth-order valence-corrected chi connectivity index (χ4v) is 2.30. The van der Waals surface area contributed by atoms with Crippen molar-refractivity contribution in [1.82, 2.24) is 0 Å². The third-order valence-electron chi connectivity index (χ3n) is 3.26. The molecule has 0 bridgehead atoms. The maximum atomic E-state index is 11.5. The van der Waals surface area contributed by atoms with Gasteiger partial charge in [0.15, 0.2) is 6.10 Å². The van der Waals surface area contributed by atoms with Crippen molar-refractivity contribution < 1.29 is 24.1 Å². The van der Waals surface area contributed by atoms with Crippen LogP contribution in [0.3, 0.4) is 0 Å². The molecular formula is C17H17ClO5. The zero-order valence-electron chi connectivity index (χ0n) is 12.8. The molecule has 0 saturated carbocycles. The van der Waals surface area contributed by atoms with Gasteiger partial charge in [0, 0.05) is 11.4 Å². The van der Waals surface area contributed by atoms with Gasteiger partial charge in [0.2, 0.25) is 0 Å². The highest BCUT2D eigenvalue weighted by Gasteiger charge is 2.22. The molecule has 0 fully saturated rings. The van der Waals surface area contributed by atoms with Crippen LogP contribution in [-0.2, 0) is 11.2 Å². The van der Waals surface area contributed by atoms with Crippen molar-refractivity contribution in [1.29, 1.82) is 0 Å². The number of carboxylic acids is 1. The zero-order valence-corrected chi connectivity index (χ0v) is 13.5. The third kappa shape index (κ3) is 4.53. The highest BCUT2D eigenvalue weighted by atomic mass is 35.5. The van der Waals surface area contributed by atoms with Gasteiger partial charge >= 0.3 is 5.97 Å². The Morgan fingerprint density at radius 2 is 1.74 bits per heavy atom. The summed E-state index contributed by atoms with van der Waals surface area (Å²) >= 11 is 5.97. The van der Waals surface area contributed by atoms with E-state index in [-0.39, 0.29) is 6.42 Å². The molecule has 0 amide bonds. The molecule has 1 unspecified atom stereocenters. The van der Waals surface area contributed by atoms with Crippen LogP contribution in [0.25, 0.3) is 0 Å². The van der Waals surface area contributed by atoms with Crippen LogP contribution in [0.1, 0.15) is 5.56 Å². The highest BCUT2D eigenvalue weighted by molar-refractivity contribution is 6.30. The number of ether oxygens (including phenoxy) is 3. The number of rotatable bonds is 7. The van der Waals surface area contributed by atoms with Gasteiger partial charge in [0.05, 0.1) is 14.2 Å². The highest BCUT2D eigenvalue weighted by Crippen LogP contribution is 2.26. The second-order valence-electron chi connectivity index (χ2n) is 4.78. The van der Waals surface area contributed by atoms with Crippen LogP contribution < -0.4 is 14.2 Å². The predicted molar refractivity (Wildman–Crippen MR) is 86.8 cm³/mol. The van der Waals surface area contributed by atoms with Crippen molar-refractivity contribution in [2.24, 2.45) is 0 Å². The lowest BCUT2D eigenvalue weighted by atomic mass is 10.1. The summed E-state index contributed by atoms with van der Waals surface area (Å²) in [7, 11) is 3.08. The topological polar surface area (TPSA) is 65.0 Å². The van der Waals surface area contributed by atoms with Gasteiger partial charge in [0.25, 0.3) is 0 Å². The SMILES string of the molecule is COc1ccc(OC(Cc2cc(Cl)ccc2OC)C(=O)O)cc1. The monoisotopic (exact) mass is 336 g/mol. The lowest BCUT2D eigenvalue weighted by Crippen LogP contribution is -2.29. The van der Waals surface area contributed by atoms with Gasteiger partial charge < -0.3 is 19.3 Å². The predicted octanol–water partition coefficient (Wildman–Crippen LogP) is 3.43. The van der Waals surface area contributed by atoms with Gasteiger partial charge in [-0.25, -0.2) is 4.79 Å². The smallest absolute Gasteiger partial charge is 0.345 e. The van der Waals surface area contributed by atoms with E-state index in [0.717, 1.165) is 0 Å². The molecule has 0 aromatic heterocycles. The van der Waals surface area contributed by atoms with E-state index in [2.05, 4.69) is 0 Å². The minimum atomic E-state index is -1.07. The number of benzene rings is 2. The number of hydrogen-bond acceptors (Lipinski definition) is 4. The summed E-state index contributed by atoms with van der Waals surface area (Å²) in [5.41, 5.74) is 0.668. The third-order valence-corrected chi connectivity index (χ3v) is 3.50. The standard InChI is InChI=1S/C17H17ClO5/c1-21-13-4-6-14(7-5-13)23-16(17(19)20)10-11-9-12(18)3-8-15(11)22-2/h3-9,16H,10H2,1-2H3,(H,19,20). The molecule has 0 aliphatic rings. The van der Waals surface area contributed by atoms with E-state index in [4.69, 9.17) is 25.8 Å². The van der Waals surface area contributed by atoms with Gasteiger partial charge in [-0.3, -0.25) is 0 Å². The normalized spacial score (nSPS) is 11.6. The van der Waals surface area contributed by atoms with Crippen molar-refractivity contribution >= 4 is 17.6 Å². The molecule has 0 aliphatic carbocycles. The van der Waals surface area contributed by atoms with Gasteiger partial charge in [-0.2, -0.15) is 0 Å². The number of methoxy groups -OCH3 is 2. The Kier molecular flexibility index (Phi) is 5.71. The molecule has 0 heterocycles. The maximum absolute atomic E-state index is 11.5. The summed E-state index contributed by atoms with van der Waals surface area (Å²) in [5, 5.41) is 9.91. The molecule has 122 valence electrons. The zero-order chi connectivity index (χ0) is 16.8. The van der Waals surface area contributed by atoms with Crippen molar-refractivity contribution in [3.63, 3.8) is 0 Å². The van der Waals surface area contributed by atoms with E-state index in [9.17, 15) is 9.90 Å². The first-order chi connectivity index (χ1) is 11.0. The Bertz CT molecular complexity index is 669. The first-order valence-corrected chi connectivity index (χ1v) is 7.27. The van der Waals surface area contributed by atoms with Crippen molar-refractivity contribution in [2.75, 3.05) is 14.2 Å². The Morgan fingerprint density at radius 1 is 1.09 bits per heavy atom. The summed E-state index contributed by atoms with van der Waals surface area (Å²) in [6, 6.07) is 11.8. The van der Waals surface area contributed by atoms with E-state index in [1.165, 1.54) is 7.11 Å². The van der Waals surface area contributed by atoms with E-state index in [1.807, 2.05) is 0 Å². The summed E-state index contributed by atoms with van der Waals surface area (Å²) in [6.45, 7) is 0. The van der Waals surface area contributed by atoms with Crippen molar-refractivity contribution in [2.45, 2.75) is 12.5 Å². The summed E-state index contributed by atoms with van der Waals surface area (Å²) in [5.74, 6) is 0.613. The Labute approximate surface area is 139 Å². The molecule has 0 aliphatic heterocycles. The fourth-order valence-electron chi connectivity index (χ4n) is 2.10. The van der Waals surface area contributed by atoms with Crippen LogP contribution in [0.5, 0.6) is 17.2 Å². The molecule has 0 radical (unpaired) electrons. The molecular weight excluding hydrogens is 320 g/mol. The molecule has 23 heavy (non-hydrogen) atoms. The van der Waals surface area contributed by atoms with Gasteiger partial charge in [0.1, 0.15) is 17.2 Å². The van der Waals surface area contributed by atoms with Crippen LogP contribution >= 0.6 is 11.6 Å². The summed E-state index contributed by atoms with van der Waals surface area (Å²) in [6.07, 6.45) is -0.929. The quantitative estimate of drug-likeness (QED) is 0.839. The fraction of sp³-hybridized carbons (Fsp3) is 0.235. The minimum Gasteiger partial charge on any atom is -0.497 e. The van der Waals surface area contributed by atoms with E-state index in [1.54, 1.807) is 49.6 Å². The van der Waals surface area contributed by atoms with Gasteiger partial charge in [-0.1, -0.05) is 11.6 Å². The van der Waals surface area contributed by atoms with Crippen molar-refractivity contribution in [3.8, 4) is 17.2 Å². The Balaban J connectivity index is 2.18. The molecule has 6 heteroatoms. The van der Waals surface area contributed by atoms with E-state index >= 15 is 0 Å². The van der Waals surface area contributed by atoms with Crippen LogP contribution in [0.4, 0.5) is 0 Å². The molecule has 2 aromatic rings. The Hall–Kier alpha value is -2.40. The number of carboxylic acid groups (broad SMARTS) is 1. The van der Waals surface area contributed by atoms with Crippen LogP contribution in [0, 0.1) is 0 Å². The van der Waals surface area contributed by atoms with Gasteiger partial charge in [-0.15, -0.1) is 0 Å². The molecule has 1 atom stereocenters. The molecule has 0 saturated heterocycles. The number of aliphatic carboxylic acids is 1. The van der Waals surface area contributed by atoms with Crippen LogP contribution in [0.2, 0.25) is 5.02 Å². The second kappa shape index (κ2) is 7.74. The van der Waals surface area contributed by atoms with Crippen LogP contribution in [-0.4, -0.2) is 31.4 Å². The largest absolute Gasteiger partial charge is 0.497 e. The summed E-state index contributed by atoms with van der Waals surface area (Å²) < 4.78 is 15.9. The average molecular weight is 337 g/mol. The number of carbonyl (C=O) groups is 1. The lowest BCUT2D eigenvalue weighted by molar-refractivity contribution is -0.145. The minimum absolute atomic E-state index is 0.130. The molecule has 2 rings (SSSR count). The average Bonchev–Trinajstić information content (AvgIpc) is 2.55. The lowest BCUT2D eigenvalue weighted by Gasteiger charge is -2.17. The van der Waals surface area contributed by atoms with Gasteiger partial charge in [-0.05, 0) is 48.0 Å². The molecule has 0 spiro atoms. The van der Waals surface area contributed by atoms with Crippen LogP contribution in [0.15, 0.2) is 42.5 Å². The molecule has 5 nitrogen and oxygen atoms in total. The van der Waals surface area contributed by atoms with Crippen molar-refractivity contribution in [3.05, 3.63) is 53.1 Å².